The van der Waals surface area contributed by atoms with Crippen molar-refractivity contribution in [1.29, 1.82) is 0 Å². The Morgan fingerprint density at radius 3 is 2.58 bits per heavy atom. The molecule has 19 heavy (non-hydrogen) atoms. The Hall–Kier alpha value is -0.410. The van der Waals surface area contributed by atoms with E-state index in [4.69, 9.17) is 0 Å². The van der Waals surface area contributed by atoms with Crippen LogP contribution in [0.1, 0.15) is 51.1 Å². The summed E-state index contributed by atoms with van der Waals surface area (Å²) in [6.07, 6.45) is 4.91. The van der Waals surface area contributed by atoms with E-state index in [2.05, 4.69) is 35.1 Å². The van der Waals surface area contributed by atoms with E-state index in [1.54, 1.807) is 12.1 Å². The minimum absolute atomic E-state index is 0.0982. The number of halogens is 2. The molecule has 0 bridgehead atoms. The standard InChI is InChI=1S/C16H23BrFN/c1-3-19-16(12-9-7-11(2)8-10-12)15-13(17)5-4-6-14(15)18/h4-6,11-12,16,19H,3,7-10H2,1-2H3. The first kappa shape index (κ1) is 15.0. The Balaban J connectivity index is 2.24. The molecule has 2 rings (SSSR count). The van der Waals surface area contributed by atoms with Crippen LogP contribution in [0.15, 0.2) is 22.7 Å². The van der Waals surface area contributed by atoms with Crippen LogP contribution >= 0.6 is 15.9 Å². The first-order valence-corrected chi connectivity index (χ1v) is 8.10. The lowest BCUT2D eigenvalue weighted by Gasteiger charge is -2.34. The molecule has 0 radical (unpaired) electrons. The van der Waals surface area contributed by atoms with Crippen molar-refractivity contribution in [2.45, 2.75) is 45.6 Å². The lowest BCUT2D eigenvalue weighted by atomic mass is 9.77. The molecule has 0 aliphatic heterocycles. The quantitative estimate of drug-likeness (QED) is 0.814. The fraction of sp³-hybridized carbons (Fsp3) is 0.625. The predicted molar refractivity (Wildman–Crippen MR) is 81.6 cm³/mol. The van der Waals surface area contributed by atoms with Crippen LogP contribution < -0.4 is 5.32 Å². The zero-order chi connectivity index (χ0) is 13.8. The topological polar surface area (TPSA) is 12.0 Å². The second kappa shape index (κ2) is 6.85. The highest BCUT2D eigenvalue weighted by molar-refractivity contribution is 9.10. The fourth-order valence-corrected chi connectivity index (χ4v) is 3.74. The monoisotopic (exact) mass is 327 g/mol. The van der Waals surface area contributed by atoms with E-state index in [9.17, 15) is 4.39 Å². The number of hydrogen-bond donors (Lipinski definition) is 1. The van der Waals surface area contributed by atoms with Crippen LogP contribution in [-0.2, 0) is 0 Å². The van der Waals surface area contributed by atoms with E-state index in [1.807, 2.05) is 6.07 Å². The number of hydrogen-bond acceptors (Lipinski definition) is 1. The average molecular weight is 328 g/mol. The lowest BCUT2D eigenvalue weighted by Crippen LogP contribution is -2.31. The van der Waals surface area contributed by atoms with Crippen LogP contribution in [0.25, 0.3) is 0 Å². The van der Waals surface area contributed by atoms with Gasteiger partial charge in [0.05, 0.1) is 0 Å². The molecule has 3 heteroatoms. The minimum Gasteiger partial charge on any atom is -0.310 e. The Morgan fingerprint density at radius 1 is 1.32 bits per heavy atom. The molecule has 1 nitrogen and oxygen atoms in total. The molecule has 1 aromatic rings. The van der Waals surface area contributed by atoms with Gasteiger partial charge in [-0.2, -0.15) is 0 Å². The number of benzene rings is 1. The van der Waals surface area contributed by atoms with Gasteiger partial charge in [0.2, 0.25) is 0 Å². The van der Waals surface area contributed by atoms with Gasteiger partial charge in [0.1, 0.15) is 5.82 Å². The van der Waals surface area contributed by atoms with Gasteiger partial charge in [0.25, 0.3) is 0 Å². The molecular formula is C16H23BrFN. The van der Waals surface area contributed by atoms with Gasteiger partial charge in [-0.05, 0) is 43.4 Å². The SMILES string of the molecule is CCNC(c1c(F)cccc1Br)C1CCC(C)CC1. The van der Waals surface area contributed by atoms with Crippen molar-refractivity contribution in [1.82, 2.24) is 5.32 Å². The van der Waals surface area contributed by atoms with E-state index in [0.29, 0.717) is 5.92 Å². The summed E-state index contributed by atoms with van der Waals surface area (Å²) in [5.74, 6) is 1.27. The molecular weight excluding hydrogens is 305 g/mol. The first-order chi connectivity index (χ1) is 9.13. The molecule has 1 fully saturated rings. The zero-order valence-electron chi connectivity index (χ0n) is 11.8. The van der Waals surface area contributed by atoms with Crippen molar-refractivity contribution in [2.75, 3.05) is 6.54 Å². The summed E-state index contributed by atoms with van der Waals surface area (Å²) < 4.78 is 15.1. The van der Waals surface area contributed by atoms with Gasteiger partial charge < -0.3 is 5.32 Å². The van der Waals surface area contributed by atoms with Crippen LogP contribution in [0.3, 0.4) is 0 Å². The average Bonchev–Trinajstić information content (AvgIpc) is 2.38. The summed E-state index contributed by atoms with van der Waals surface area (Å²) in [6.45, 7) is 5.28. The highest BCUT2D eigenvalue weighted by atomic mass is 79.9. The minimum atomic E-state index is -0.0982. The van der Waals surface area contributed by atoms with E-state index in [0.717, 1.165) is 22.5 Å². The van der Waals surface area contributed by atoms with Crippen LogP contribution in [0.4, 0.5) is 4.39 Å². The van der Waals surface area contributed by atoms with Crippen molar-refractivity contribution in [2.24, 2.45) is 11.8 Å². The summed E-state index contributed by atoms with van der Waals surface area (Å²) >= 11 is 3.52. The Morgan fingerprint density at radius 2 is 2.00 bits per heavy atom. The maximum absolute atomic E-state index is 14.2. The first-order valence-electron chi connectivity index (χ1n) is 7.30. The molecule has 1 aliphatic carbocycles. The van der Waals surface area contributed by atoms with Crippen molar-refractivity contribution < 1.29 is 4.39 Å². The predicted octanol–water partition coefficient (Wildman–Crippen LogP) is 5.07. The second-order valence-electron chi connectivity index (χ2n) is 5.69. The molecule has 0 amide bonds. The highest BCUT2D eigenvalue weighted by Gasteiger charge is 2.29. The summed E-state index contributed by atoms with van der Waals surface area (Å²) in [5.41, 5.74) is 0.809. The van der Waals surface area contributed by atoms with Gasteiger partial charge in [-0.3, -0.25) is 0 Å². The van der Waals surface area contributed by atoms with Crippen molar-refractivity contribution in [3.8, 4) is 0 Å². The second-order valence-corrected chi connectivity index (χ2v) is 6.54. The molecule has 1 aromatic carbocycles. The summed E-state index contributed by atoms with van der Waals surface area (Å²) in [7, 11) is 0. The summed E-state index contributed by atoms with van der Waals surface area (Å²) in [6, 6.07) is 5.40. The third-order valence-corrected chi connectivity index (χ3v) is 4.96. The fourth-order valence-electron chi connectivity index (χ4n) is 3.15. The van der Waals surface area contributed by atoms with Crippen LogP contribution in [0.5, 0.6) is 0 Å². The van der Waals surface area contributed by atoms with Crippen molar-refractivity contribution in [3.63, 3.8) is 0 Å². The number of nitrogens with one attached hydrogen (secondary N) is 1. The Kier molecular flexibility index (Phi) is 5.40. The zero-order valence-corrected chi connectivity index (χ0v) is 13.3. The lowest BCUT2D eigenvalue weighted by molar-refractivity contribution is 0.229. The van der Waals surface area contributed by atoms with E-state index in [-0.39, 0.29) is 11.9 Å². The molecule has 1 aliphatic rings. The third kappa shape index (κ3) is 3.57. The molecule has 1 atom stereocenters. The molecule has 0 aromatic heterocycles. The molecule has 0 saturated heterocycles. The normalized spacial score (nSPS) is 25.3. The van der Waals surface area contributed by atoms with E-state index in [1.165, 1.54) is 25.7 Å². The van der Waals surface area contributed by atoms with Gasteiger partial charge in [-0.25, -0.2) is 4.39 Å². The highest BCUT2D eigenvalue weighted by Crippen LogP contribution is 2.39. The van der Waals surface area contributed by atoms with E-state index >= 15 is 0 Å². The maximum Gasteiger partial charge on any atom is 0.129 e. The van der Waals surface area contributed by atoms with Gasteiger partial charge in [0, 0.05) is 16.1 Å². The number of rotatable bonds is 4. The molecule has 1 saturated carbocycles. The van der Waals surface area contributed by atoms with Gasteiger partial charge in [-0.15, -0.1) is 0 Å². The van der Waals surface area contributed by atoms with Crippen LogP contribution in [-0.4, -0.2) is 6.54 Å². The molecule has 106 valence electrons. The van der Waals surface area contributed by atoms with Crippen LogP contribution in [0.2, 0.25) is 0 Å². The largest absolute Gasteiger partial charge is 0.310 e. The smallest absolute Gasteiger partial charge is 0.129 e. The third-order valence-electron chi connectivity index (χ3n) is 4.27. The Bertz CT molecular complexity index is 393. The molecule has 1 unspecified atom stereocenters. The van der Waals surface area contributed by atoms with Gasteiger partial charge in [0.15, 0.2) is 0 Å². The summed E-state index contributed by atoms with van der Waals surface area (Å²) in [4.78, 5) is 0. The van der Waals surface area contributed by atoms with Gasteiger partial charge in [-0.1, -0.05) is 48.7 Å². The van der Waals surface area contributed by atoms with Gasteiger partial charge >= 0.3 is 0 Å². The Labute approximate surface area is 124 Å². The molecule has 0 heterocycles. The molecule has 0 spiro atoms. The van der Waals surface area contributed by atoms with Crippen molar-refractivity contribution >= 4 is 15.9 Å². The molecule has 1 N–H and O–H groups in total. The van der Waals surface area contributed by atoms with E-state index < -0.39 is 0 Å². The van der Waals surface area contributed by atoms with Crippen molar-refractivity contribution in [3.05, 3.63) is 34.1 Å². The summed E-state index contributed by atoms with van der Waals surface area (Å²) in [5, 5.41) is 3.50. The maximum atomic E-state index is 14.2. The van der Waals surface area contributed by atoms with Crippen LogP contribution in [0, 0.1) is 17.7 Å².